The van der Waals surface area contributed by atoms with Crippen molar-refractivity contribution in [1.82, 2.24) is 5.43 Å². The lowest BCUT2D eigenvalue weighted by Crippen LogP contribution is -2.39. The summed E-state index contributed by atoms with van der Waals surface area (Å²) < 4.78 is 33.6. The number of nitrogens with zero attached hydrogens (tertiary/aromatic N) is 2. The van der Waals surface area contributed by atoms with Gasteiger partial charge in [-0.25, -0.2) is 13.8 Å². The number of benzene rings is 3. The second-order valence-corrected chi connectivity index (χ2v) is 10.1. The van der Waals surface area contributed by atoms with Crippen molar-refractivity contribution in [3.05, 3.63) is 89.5 Å². The van der Waals surface area contributed by atoms with Gasteiger partial charge in [0.2, 0.25) is 0 Å². The molecular weight excluding hydrogens is 462 g/mol. The minimum Gasteiger partial charge on any atom is -0.494 e. The van der Waals surface area contributed by atoms with Crippen molar-refractivity contribution in [2.24, 2.45) is 5.10 Å². The Balaban J connectivity index is 1.73. The number of rotatable bonds is 11. The quantitative estimate of drug-likeness (QED) is 0.235. The molecule has 1 N–H and O–H groups in total. The summed E-state index contributed by atoms with van der Waals surface area (Å²) in [5.41, 5.74) is 5.42. The highest BCUT2D eigenvalue weighted by molar-refractivity contribution is 7.92. The van der Waals surface area contributed by atoms with Crippen LogP contribution in [0.2, 0.25) is 0 Å². The number of nitrogens with one attached hydrogen (secondary N) is 1. The van der Waals surface area contributed by atoms with Crippen molar-refractivity contribution in [1.29, 1.82) is 0 Å². The number of amides is 1. The number of carbonyl (C=O) groups excluding carboxylic acids is 1. The fraction of sp³-hybridized carbons (Fsp3) is 0.259. The van der Waals surface area contributed by atoms with Crippen molar-refractivity contribution in [2.45, 2.75) is 38.5 Å². The number of carbonyl (C=O) groups is 1. The molecule has 0 heterocycles. The Morgan fingerprint density at radius 2 is 1.66 bits per heavy atom. The predicted molar refractivity (Wildman–Crippen MR) is 139 cm³/mol. The number of sulfonamides is 1. The summed E-state index contributed by atoms with van der Waals surface area (Å²) in [5.74, 6) is 0.217. The third-order valence-electron chi connectivity index (χ3n) is 5.16. The van der Waals surface area contributed by atoms with E-state index >= 15 is 0 Å². The fourth-order valence-corrected chi connectivity index (χ4v) is 4.88. The first-order chi connectivity index (χ1) is 16.8. The molecule has 3 rings (SSSR count). The number of ether oxygens (including phenoxy) is 1. The summed E-state index contributed by atoms with van der Waals surface area (Å²) in [7, 11) is -3.97. The molecule has 0 aliphatic carbocycles. The monoisotopic (exact) mass is 493 g/mol. The van der Waals surface area contributed by atoms with Crippen LogP contribution < -0.4 is 14.5 Å². The van der Waals surface area contributed by atoms with E-state index in [1.54, 1.807) is 30.3 Å². The lowest BCUT2D eigenvalue weighted by atomic mass is 10.1. The van der Waals surface area contributed by atoms with Crippen molar-refractivity contribution in [2.75, 3.05) is 17.5 Å². The Morgan fingerprint density at radius 3 is 2.29 bits per heavy atom. The van der Waals surface area contributed by atoms with E-state index in [1.807, 2.05) is 44.2 Å². The molecule has 0 spiro atoms. The summed E-state index contributed by atoms with van der Waals surface area (Å²) in [6.45, 7) is 6.13. The molecule has 3 aromatic carbocycles. The first kappa shape index (κ1) is 26.0. The Labute approximate surface area is 207 Å². The number of hydrogen-bond acceptors (Lipinski definition) is 5. The maximum atomic E-state index is 13.4. The van der Waals surface area contributed by atoms with E-state index < -0.39 is 22.5 Å². The Kier molecular flexibility index (Phi) is 9.03. The third-order valence-corrected chi connectivity index (χ3v) is 6.95. The molecule has 0 saturated carbocycles. The van der Waals surface area contributed by atoms with E-state index in [9.17, 15) is 13.2 Å². The zero-order chi connectivity index (χ0) is 25.3. The number of hydrazone groups is 1. The molecule has 3 aromatic rings. The number of aryl methyl sites for hydroxylation is 2. The minimum atomic E-state index is -3.97. The van der Waals surface area contributed by atoms with E-state index in [4.69, 9.17) is 4.74 Å². The number of unbranched alkanes of at least 4 members (excludes halogenated alkanes) is 1. The normalized spacial score (nSPS) is 11.4. The smallest absolute Gasteiger partial charge is 0.264 e. The van der Waals surface area contributed by atoms with Crippen molar-refractivity contribution < 1.29 is 17.9 Å². The molecule has 7 nitrogen and oxygen atoms in total. The molecule has 0 aliphatic rings. The first-order valence-corrected chi connectivity index (χ1v) is 12.9. The summed E-state index contributed by atoms with van der Waals surface area (Å²) in [6, 6.07) is 20.8. The van der Waals surface area contributed by atoms with Gasteiger partial charge in [0.15, 0.2) is 0 Å². The molecule has 0 bridgehead atoms. The summed E-state index contributed by atoms with van der Waals surface area (Å²) >= 11 is 0. The van der Waals surface area contributed by atoms with Crippen LogP contribution >= 0.6 is 0 Å². The SMILES string of the molecule is CCCCOc1ccc(C=NNC(=O)CN(c2cc(C)cc(C)c2)S(=O)(=O)c2ccccc2)cc1. The van der Waals surface area contributed by atoms with Gasteiger partial charge in [0.1, 0.15) is 12.3 Å². The van der Waals surface area contributed by atoms with Gasteiger partial charge in [0.05, 0.1) is 23.4 Å². The van der Waals surface area contributed by atoms with Gasteiger partial charge >= 0.3 is 0 Å². The molecule has 8 heteroatoms. The van der Waals surface area contributed by atoms with Gasteiger partial charge in [0, 0.05) is 0 Å². The molecule has 0 radical (unpaired) electrons. The lowest BCUT2D eigenvalue weighted by molar-refractivity contribution is -0.119. The topological polar surface area (TPSA) is 88.1 Å². The second kappa shape index (κ2) is 12.2. The highest BCUT2D eigenvalue weighted by Crippen LogP contribution is 2.25. The molecule has 0 atom stereocenters. The van der Waals surface area contributed by atoms with Crippen LogP contribution in [-0.4, -0.2) is 33.7 Å². The maximum absolute atomic E-state index is 13.4. The molecule has 184 valence electrons. The van der Waals surface area contributed by atoms with E-state index in [2.05, 4.69) is 17.5 Å². The Morgan fingerprint density at radius 1 is 1.00 bits per heavy atom. The third kappa shape index (κ3) is 7.42. The highest BCUT2D eigenvalue weighted by atomic mass is 32.2. The molecule has 35 heavy (non-hydrogen) atoms. The van der Waals surface area contributed by atoms with Gasteiger partial charge in [-0.1, -0.05) is 37.6 Å². The van der Waals surface area contributed by atoms with Crippen LogP contribution in [0.4, 0.5) is 5.69 Å². The molecule has 0 fully saturated rings. The van der Waals surface area contributed by atoms with Crippen molar-refractivity contribution in [3.63, 3.8) is 0 Å². The largest absolute Gasteiger partial charge is 0.494 e. The van der Waals surface area contributed by atoms with E-state index in [0.717, 1.165) is 39.6 Å². The predicted octanol–water partition coefficient (Wildman–Crippen LogP) is 4.83. The fourth-order valence-electron chi connectivity index (χ4n) is 3.46. The molecule has 1 amide bonds. The molecular formula is C27H31N3O4S. The molecule has 0 unspecified atom stereocenters. The maximum Gasteiger partial charge on any atom is 0.264 e. The van der Waals surface area contributed by atoms with Crippen LogP contribution in [0.1, 0.15) is 36.5 Å². The summed E-state index contributed by atoms with van der Waals surface area (Å²) in [5, 5.41) is 4.00. The zero-order valence-corrected chi connectivity index (χ0v) is 21.1. The van der Waals surface area contributed by atoms with Crippen LogP contribution in [0.15, 0.2) is 82.8 Å². The number of hydrogen-bond donors (Lipinski definition) is 1. The van der Waals surface area contributed by atoms with Gasteiger partial charge in [-0.05, 0) is 85.5 Å². The minimum absolute atomic E-state index is 0.108. The Hall–Kier alpha value is -3.65. The number of anilines is 1. The lowest BCUT2D eigenvalue weighted by Gasteiger charge is -2.24. The van der Waals surface area contributed by atoms with Gasteiger partial charge in [-0.15, -0.1) is 0 Å². The van der Waals surface area contributed by atoms with Gasteiger partial charge in [0.25, 0.3) is 15.9 Å². The first-order valence-electron chi connectivity index (χ1n) is 11.5. The molecule has 0 aliphatic heterocycles. The van der Waals surface area contributed by atoms with Gasteiger partial charge in [-0.2, -0.15) is 5.10 Å². The average Bonchev–Trinajstić information content (AvgIpc) is 2.83. The van der Waals surface area contributed by atoms with Crippen LogP contribution in [0.3, 0.4) is 0 Å². The van der Waals surface area contributed by atoms with E-state index in [0.29, 0.717) is 12.3 Å². The second-order valence-electron chi connectivity index (χ2n) is 8.23. The van der Waals surface area contributed by atoms with Crippen LogP contribution in [0.5, 0.6) is 5.75 Å². The summed E-state index contributed by atoms with van der Waals surface area (Å²) in [4.78, 5) is 12.8. The standard InChI is InChI=1S/C27H31N3O4S/c1-4-5-15-34-25-13-11-23(12-14-25)19-28-29-27(31)20-30(24-17-21(2)16-22(3)18-24)35(32,33)26-9-7-6-8-10-26/h6-14,16-19H,4-5,15,20H2,1-3H3,(H,29,31). The molecule has 0 saturated heterocycles. The van der Waals surface area contributed by atoms with E-state index in [-0.39, 0.29) is 4.90 Å². The summed E-state index contributed by atoms with van der Waals surface area (Å²) in [6.07, 6.45) is 3.56. The van der Waals surface area contributed by atoms with Crippen LogP contribution in [0, 0.1) is 13.8 Å². The average molecular weight is 494 g/mol. The van der Waals surface area contributed by atoms with Crippen LogP contribution in [-0.2, 0) is 14.8 Å². The Bertz CT molecular complexity index is 1240. The van der Waals surface area contributed by atoms with Gasteiger partial charge in [-0.3, -0.25) is 9.10 Å². The van der Waals surface area contributed by atoms with Crippen molar-refractivity contribution >= 4 is 27.8 Å². The zero-order valence-electron chi connectivity index (χ0n) is 20.3. The molecule has 0 aromatic heterocycles. The van der Waals surface area contributed by atoms with Gasteiger partial charge < -0.3 is 4.74 Å². The van der Waals surface area contributed by atoms with Crippen molar-refractivity contribution in [3.8, 4) is 5.75 Å². The highest BCUT2D eigenvalue weighted by Gasteiger charge is 2.27. The van der Waals surface area contributed by atoms with E-state index in [1.165, 1.54) is 18.3 Å². The van der Waals surface area contributed by atoms with Crippen LogP contribution in [0.25, 0.3) is 0 Å².